The molecule has 3 aromatic rings. The highest BCUT2D eigenvalue weighted by Gasteiger charge is 2.29. The van der Waals surface area contributed by atoms with E-state index in [1.165, 1.54) is 6.07 Å². The lowest BCUT2D eigenvalue weighted by Crippen LogP contribution is -2.38. The number of fused-ring (bicyclic) bond motifs is 1. The Kier molecular flexibility index (Phi) is 6.73. The smallest absolute Gasteiger partial charge is 0.440 e. The molecule has 8 heteroatoms. The molecule has 1 atom stereocenters. The number of halogens is 1. The summed E-state index contributed by atoms with van der Waals surface area (Å²) in [7, 11) is -1.67. The molecule has 1 aromatic heterocycles. The molecule has 1 aliphatic heterocycles. The van der Waals surface area contributed by atoms with Gasteiger partial charge in [-0.2, -0.15) is 0 Å². The van der Waals surface area contributed by atoms with Crippen molar-refractivity contribution in [2.45, 2.75) is 53.5 Å². The number of hydrogen-bond donors (Lipinski definition) is 3. The monoisotopic (exact) mass is 482 g/mol. The lowest BCUT2D eigenvalue weighted by Gasteiger charge is -2.37. The minimum Gasteiger partial charge on any atom is -0.440 e. The van der Waals surface area contributed by atoms with Crippen molar-refractivity contribution in [3.05, 3.63) is 62.3 Å². The molecule has 1 saturated heterocycles. The average molecular weight is 483 g/mol. The van der Waals surface area contributed by atoms with Gasteiger partial charge in [0.05, 0.1) is 17.0 Å². The van der Waals surface area contributed by atoms with E-state index < -0.39 is 7.12 Å². The van der Waals surface area contributed by atoms with Crippen molar-refractivity contribution in [2.24, 2.45) is 5.41 Å². The lowest BCUT2D eigenvalue weighted by molar-refractivity contribution is 0.274. The standard InChI is InChI=1S/C26H32BClN2O4/c1-15-12-19(17(3)29-22-7-6-18(28)14-21(22)27(32)33)24-20(13-15)23(31)16(2)25(34-24)30-10-8-26(4,5)9-11-30/h6-7,12-14,17,29,32-33H,8-11H2,1-5H3. The van der Waals surface area contributed by atoms with Crippen LogP contribution < -0.4 is 21.1 Å². The first-order chi connectivity index (χ1) is 16.0. The highest BCUT2D eigenvalue weighted by atomic mass is 35.5. The van der Waals surface area contributed by atoms with Crippen LogP contribution in [0.15, 0.2) is 39.5 Å². The van der Waals surface area contributed by atoms with Crippen molar-refractivity contribution in [3.63, 3.8) is 0 Å². The zero-order chi connectivity index (χ0) is 24.8. The molecule has 0 radical (unpaired) electrons. The minimum atomic E-state index is -1.67. The van der Waals surface area contributed by atoms with Crippen molar-refractivity contribution in [2.75, 3.05) is 23.3 Å². The lowest BCUT2D eigenvalue weighted by atomic mass is 9.79. The van der Waals surface area contributed by atoms with E-state index in [0.29, 0.717) is 33.1 Å². The Morgan fingerprint density at radius 3 is 2.47 bits per heavy atom. The van der Waals surface area contributed by atoms with Gasteiger partial charge in [-0.1, -0.05) is 31.5 Å². The Bertz CT molecular complexity index is 1280. The molecule has 1 unspecified atom stereocenters. The van der Waals surface area contributed by atoms with Crippen LogP contribution in [0.3, 0.4) is 0 Å². The topological polar surface area (TPSA) is 85.9 Å². The van der Waals surface area contributed by atoms with Crippen LogP contribution in [0.25, 0.3) is 11.0 Å². The fourth-order valence-corrected chi connectivity index (χ4v) is 4.86. The summed E-state index contributed by atoms with van der Waals surface area (Å²) in [4.78, 5) is 15.6. The van der Waals surface area contributed by atoms with Gasteiger partial charge in [-0.3, -0.25) is 4.79 Å². The summed E-state index contributed by atoms with van der Waals surface area (Å²) in [6.07, 6.45) is 2.07. The summed E-state index contributed by atoms with van der Waals surface area (Å²) in [6, 6.07) is 8.53. The number of aryl methyl sites for hydroxylation is 1. The maximum atomic E-state index is 13.4. The molecule has 6 nitrogen and oxygen atoms in total. The van der Waals surface area contributed by atoms with Gasteiger partial charge in [0, 0.05) is 34.8 Å². The minimum absolute atomic E-state index is 0.0174. The Labute approximate surface area is 205 Å². The Hall–Kier alpha value is -2.48. The van der Waals surface area contributed by atoms with Gasteiger partial charge in [0.2, 0.25) is 5.88 Å². The predicted octanol–water partition coefficient (Wildman–Crippen LogP) is 4.54. The molecule has 0 bridgehead atoms. The largest absolute Gasteiger partial charge is 0.490 e. The molecule has 180 valence electrons. The molecule has 2 aromatic carbocycles. The van der Waals surface area contributed by atoms with Crippen LogP contribution in [0.1, 0.15) is 56.3 Å². The fraction of sp³-hybridized carbons (Fsp3) is 0.423. The van der Waals surface area contributed by atoms with Gasteiger partial charge in [-0.05, 0) is 68.9 Å². The van der Waals surface area contributed by atoms with Crippen LogP contribution in [0.4, 0.5) is 11.6 Å². The number of anilines is 2. The van der Waals surface area contributed by atoms with Gasteiger partial charge in [0.15, 0.2) is 5.43 Å². The van der Waals surface area contributed by atoms with E-state index in [0.717, 1.165) is 37.1 Å². The number of piperidine rings is 1. The molecule has 0 aliphatic carbocycles. The molecule has 1 fully saturated rings. The van der Waals surface area contributed by atoms with Gasteiger partial charge in [-0.25, -0.2) is 0 Å². The molecule has 0 amide bonds. The molecule has 0 spiro atoms. The highest BCUT2D eigenvalue weighted by Crippen LogP contribution is 2.35. The molecular weight excluding hydrogens is 451 g/mol. The first-order valence-electron chi connectivity index (χ1n) is 11.7. The number of rotatable bonds is 5. The van der Waals surface area contributed by atoms with E-state index in [1.807, 2.05) is 32.9 Å². The van der Waals surface area contributed by atoms with Crippen molar-refractivity contribution in [1.29, 1.82) is 0 Å². The van der Waals surface area contributed by atoms with Crippen LogP contribution >= 0.6 is 11.6 Å². The van der Waals surface area contributed by atoms with Crippen LogP contribution in [-0.4, -0.2) is 30.3 Å². The Morgan fingerprint density at radius 2 is 1.82 bits per heavy atom. The van der Waals surface area contributed by atoms with Crippen molar-refractivity contribution in [1.82, 2.24) is 0 Å². The van der Waals surface area contributed by atoms with E-state index in [4.69, 9.17) is 16.0 Å². The van der Waals surface area contributed by atoms with Gasteiger partial charge in [0.1, 0.15) is 5.58 Å². The van der Waals surface area contributed by atoms with Crippen molar-refractivity contribution < 1.29 is 14.5 Å². The molecular formula is C26H32BClN2O4. The zero-order valence-corrected chi connectivity index (χ0v) is 21.2. The van der Waals surface area contributed by atoms with Crippen LogP contribution in [0.2, 0.25) is 5.02 Å². The average Bonchev–Trinajstić information content (AvgIpc) is 2.77. The third-order valence-corrected chi connectivity index (χ3v) is 7.14. The van der Waals surface area contributed by atoms with E-state index in [9.17, 15) is 14.8 Å². The van der Waals surface area contributed by atoms with Gasteiger partial charge < -0.3 is 24.7 Å². The van der Waals surface area contributed by atoms with E-state index in [-0.39, 0.29) is 22.3 Å². The normalized spacial score (nSPS) is 16.5. The maximum absolute atomic E-state index is 13.4. The number of nitrogens with zero attached hydrogens (tertiary/aromatic N) is 1. The molecule has 34 heavy (non-hydrogen) atoms. The summed E-state index contributed by atoms with van der Waals surface area (Å²) in [5.74, 6) is 0.642. The first kappa shape index (κ1) is 24.6. The highest BCUT2D eigenvalue weighted by molar-refractivity contribution is 6.61. The molecule has 3 N–H and O–H groups in total. The molecule has 4 rings (SSSR count). The van der Waals surface area contributed by atoms with Crippen LogP contribution in [-0.2, 0) is 0 Å². The Balaban J connectivity index is 1.79. The zero-order valence-electron chi connectivity index (χ0n) is 20.4. The van der Waals surface area contributed by atoms with Crippen LogP contribution in [0, 0.1) is 19.3 Å². The SMILES string of the molecule is Cc1cc(C(C)Nc2ccc(Cl)cc2B(O)O)c2oc(N3CCC(C)(C)CC3)c(C)c(=O)c2c1. The first-order valence-corrected chi connectivity index (χ1v) is 12.1. The molecule has 2 heterocycles. The molecule has 1 aliphatic rings. The van der Waals surface area contributed by atoms with E-state index in [2.05, 4.69) is 24.1 Å². The maximum Gasteiger partial charge on any atom is 0.490 e. The second kappa shape index (κ2) is 9.29. The Morgan fingerprint density at radius 1 is 1.15 bits per heavy atom. The van der Waals surface area contributed by atoms with Crippen molar-refractivity contribution in [3.8, 4) is 0 Å². The summed E-state index contributed by atoms with van der Waals surface area (Å²) in [5.41, 5.74) is 4.08. The summed E-state index contributed by atoms with van der Waals surface area (Å²) < 4.78 is 6.49. The van der Waals surface area contributed by atoms with Crippen LogP contribution in [0.5, 0.6) is 0 Å². The third-order valence-electron chi connectivity index (χ3n) is 6.90. The molecule has 0 saturated carbocycles. The second-order valence-electron chi connectivity index (χ2n) is 10.2. The van der Waals surface area contributed by atoms with Gasteiger partial charge in [0.25, 0.3) is 0 Å². The summed E-state index contributed by atoms with van der Waals surface area (Å²) >= 11 is 6.05. The number of benzene rings is 2. The van der Waals surface area contributed by atoms with E-state index in [1.54, 1.807) is 12.1 Å². The predicted molar refractivity (Wildman–Crippen MR) is 141 cm³/mol. The van der Waals surface area contributed by atoms with Gasteiger partial charge >= 0.3 is 7.12 Å². The summed E-state index contributed by atoms with van der Waals surface area (Å²) in [6.45, 7) is 12.0. The van der Waals surface area contributed by atoms with Crippen molar-refractivity contribution >= 4 is 46.7 Å². The third kappa shape index (κ3) is 4.83. The number of nitrogens with one attached hydrogen (secondary N) is 1. The van der Waals surface area contributed by atoms with Gasteiger partial charge in [-0.15, -0.1) is 0 Å². The van der Waals surface area contributed by atoms with E-state index >= 15 is 0 Å². The number of hydrogen-bond acceptors (Lipinski definition) is 6. The summed E-state index contributed by atoms with van der Waals surface area (Å²) in [5, 5.41) is 23.9. The quantitative estimate of drug-likeness (QED) is 0.463. The fourth-order valence-electron chi connectivity index (χ4n) is 4.68. The second-order valence-corrected chi connectivity index (χ2v) is 10.7.